The van der Waals surface area contributed by atoms with E-state index in [1.165, 1.54) is 0 Å². The average molecular weight is 306 g/mol. The fourth-order valence-electron chi connectivity index (χ4n) is 2.08. The Labute approximate surface area is 119 Å². The summed E-state index contributed by atoms with van der Waals surface area (Å²) in [6, 6.07) is 0. The van der Waals surface area contributed by atoms with Crippen molar-refractivity contribution in [3.63, 3.8) is 0 Å². The van der Waals surface area contributed by atoms with Crippen LogP contribution in [0.3, 0.4) is 0 Å². The van der Waals surface area contributed by atoms with Gasteiger partial charge in [0, 0.05) is 0 Å². The fraction of sp³-hybridized carbons (Fsp3) is 0.800. The molecule has 0 aromatic carbocycles. The van der Waals surface area contributed by atoms with Crippen LogP contribution in [0.1, 0.15) is 0 Å². The molecule has 7 atom stereocenters. The number of hydrogen-bond acceptors (Lipinski definition) is 10. The Morgan fingerprint density at radius 3 is 2.52 bits per heavy atom. The van der Waals surface area contributed by atoms with Crippen LogP contribution in [0, 0.1) is 0 Å². The maximum absolute atomic E-state index is 11.7. The summed E-state index contributed by atoms with van der Waals surface area (Å²) in [4.78, 5) is 15.4. The largest absolute Gasteiger partial charge is 0.394 e. The van der Waals surface area contributed by atoms with Gasteiger partial charge in [0.2, 0.25) is 0 Å². The molecular weight excluding hydrogens is 288 g/mol. The normalized spacial score (nSPS) is 44.1. The summed E-state index contributed by atoms with van der Waals surface area (Å²) >= 11 is 0. The van der Waals surface area contributed by atoms with Gasteiger partial charge >= 0.3 is 0 Å². The molecule has 2 aliphatic heterocycles. The van der Waals surface area contributed by atoms with Crippen LogP contribution in [0.4, 0.5) is 0 Å². The van der Waals surface area contributed by atoms with Gasteiger partial charge in [-0.05, 0) is 0 Å². The summed E-state index contributed by atoms with van der Waals surface area (Å²) in [5.74, 6) is -0.854. The van der Waals surface area contributed by atoms with Crippen molar-refractivity contribution in [1.29, 1.82) is 0 Å². The summed E-state index contributed by atoms with van der Waals surface area (Å²) in [5, 5.41) is 40.3. The molecule has 11 nitrogen and oxygen atoms in total. The zero-order chi connectivity index (χ0) is 15.7. The number of guanidine groups is 1. The Bertz CT molecular complexity index is 432. The molecular formula is C10H18N4O7. The third-order valence-corrected chi connectivity index (χ3v) is 3.24. The predicted octanol–water partition coefficient (Wildman–Crippen LogP) is -5.10. The van der Waals surface area contributed by atoms with Gasteiger partial charge in [-0.3, -0.25) is 10.1 Å². The van der Waals surface area contributed by atoms with Gasteiger partial charge in [-0.2, -0.15) is 0 Å². The monoisotopic (exact) mass is 306 g/mol. The van der Waals surface area contributed by atoms with Gasteiger partial charge in [-0.1, -0.05) is 0 Å². The molecule has 0 aromatic rings. The number of carbonyl (C=O) groups is 1. The van der Waals surface area contributed by atoms with E-state index in [0.717, 1.165) is 0 Å². The molecule has 1 fully saturated rings. The standard InChI is InChI=1S/C10H18N4O7/c11-7-6(8(19)14-10(12)13-7)21-9-5(18)4(17)3(16)2(1-15)20-9/h2-7,9,15-18H,1,11H2,(H3,12,13,14,19). The number of rotatable bonds is 3. The molecule has 120 valence electrons. The highest BCUT2D eigenvalue weighted by Crippen LogP contribution is 2.23. The van der Waals surface area contributed by atoms with Crippen LogP contribution in [0.25, 0.3) is 0 Å². The number of carbonyl (C=O) groups excluding carboxylic acids is 1. The number of nitrogens with one attached hydrogen (secondary N) is 1. The van der Waals surface area contributed by atoms with E-state index in [9.17, 15) is 20.1 Å². The van der Waals surface area contributed by atoms with Crippen molar-refractivity contribution < 1.29 is 34.7 Å². The minimum atomic E-state index is -1.63. The topological polar surface area (TPSA) is 193 Å². The smallest absolute Gasteiger partial charge is 0.259 e. The van der Waals surface area contributed by atoms with E-state index in [4.69, 9.17) is 26.0 Å². The molecule has 2 rings (SSSR count). The average Bonchev–Trinajstić information content (AvgIpc) is 2.42. The number of amides is 1. The molecule has 0 saturated carbocycles. The first-order valence-corrected chi connectivity index (χ1v) is 6.21. The van der Waals surface area contributed by atoms with E-state index in [0.29, 0.717) is 0 Å². The van der Waals surface area contributed by atoms with Gasteiger partial charge in [0.25, 0.3) is 5.91 Å². The number of aliphatic hydroxyl groups excluding tert-OH is 4. The second-order valence-electron chi connectivity index (χ2n) is 4.75. The van der Waals surface area contributed by atoms with Crippen LogP contribution in [0.15, 0.2) is 4.99 Å². The van der Waals surface area contributed by atoms with Crippen LogP contribution in [0.5, 0.6) is 0 Å². The summed E-state index contributed by atoms with van der Waals surface area (Å²) in [7, 11) is 0. The van der Waals surface area contributed by atoms with Gasteiger partial charge in [0.15, 0.2) is 18.4 Å². The highest BCUT2D eigenvalue weighted by molar-refractivity contribution is 6.00. The van der Waals surface area contributed by atoms with Gasteiger partial charge in [0.1, 0.15) is 30.6 Å². The molecule has 2 aliphatic rings. The number of nitrogens with two attached hydrogens (primary N) is 2. The maximum Gasteiger partial charge on any atom is 0.259 e. The number of nitrogens with zero attached hydrogens (tertiary/aromatic N) is 1. The zero-order valence-corrected chi connectivity index (χ0v) is 10.9. The first-order valence-electron chi connectivity index (χ1n) is 6.21. The van der Waals surface area contributed by atoms with Gasteiger partial charge < -0.3 is 41.4 Å². The summed E-state index contributed by atoms with van der Waals surface area (Å²) < 4.78 is 10.3. The van der Waals surface area contributed by atoms with Crippen LogP contribution < -0.4 is 16.8 Å². The molecule has 21 heavy (non-hydrogen) atoms. The van der Waals surface area contributed by atoms with Crippen LogP contribution in [-0.4, -0.2) is 81.9 Å². The van der Waals surface area contributed by atoms with E-state index in [1.54, 1.807) is 0 Å². The van der Waals surface area contributed by atoms with E-state index < -0.39 is 55.5 Å². The van der Waals surface area contributed by atoms with Crippen LogP contribution >= 0.6 is 0 Å². The second-order valence-corrected chi connectivity index (χ2v) is 4.75. The van der Waals surface area contributed by atoms with Crippen molar-refractivity contribution in [3.8, 4) is 0 Å². The van der Waals surface area contributed by atoms with Crippen molar-refractivity contribution >= 4 is 11.9 Å². The van der Waals surface area contributed by atoms with Crippen molar-refractivity contribution in [1.82, 2.24) is 5.32 Å². The fourth-order valence-corrected chi connectivity index (χ4v) is 2.08. The Hall–Kier alpha value is -1.34. The molecule has 2 heterocycles. The molecule has 7 unspecified atom stereocenters. The summed E-state index contributed by atoms with van der Waals surface area (Å²) in [6.07, 6.45) is -9.82. The number of hydrogen-bond donors (Lipinski definition) is 7. The highest BCUT2D eigenvalue weighted by Gasteiger charge is 2.46. The Morgan fingerprint density at radius 2 is 1.95 bits per heavy atom. The van der Waals surface area contributed by atoms with Crippen molar-refractivity contribution in [2.24, 2.45) is 16.5 Å². The lowest BCUT2D eigenvalue weighted by molar-refractivity contribution is -0.309. The third-order valence-electron chi connectivity index (χ3n) is 3.24. The molecule has 0 bridgehead atoms. The Morgan fingerprint density at radius 1 is 1.29 bits per heavy atom. The Balaban J connectivity index is 2.09. The molecule has 0 aliphatic carbocycles. The SMILES string of the molecule is NC1=NC(N)C(OC2OC(CO)C(O)C(O)C2O)C(=O)N1. The molecule has 11 heteroatoms. The molecule has 1 saturated heterocycles. The van der Waals surface area contributed by atoms with Crippen LogP contribution in [-0.2, 0) is 14.3 Å². The minimum absolute atomic E-state index is 0.166. The van der Waals surface area contributed by atoms with E-state index in [2.05, 4.69) is 10.3 Å². The molecule has 9 N–H and O–H groups in total. The quantitative estimate of drug-likeness (QED) is 0.267. The van der Waals surface area contributed by atoms with E-state index in [-0.39, 0.29) is 5.96 Å². The predicted molar refractivity (Wildman–Crippen MR) is 66.4 cm³/mol. The van der Waals surface area contributed by atoms with Crippen LogP contribution in [0.2, 0.25) is 0 Å². The van der Waals surface area contributed by atoms with Gasteiger partial charge in [0.05, 0.1) is 6.61 Å². The highest BCUT2D eigenvalue weighted by atomic mass is 16.7. The van der Waals surface area contributed by atoms with E-state index in [1.807, 2.05) is 0 Å². The maximum atomic E-state index is 11.7. The first kappa shape index (κ1) is 16.0. The Kier molecular flexibility index (Phi) is 4.73. The number of ether oxygens (including phenoxy) is 2. The van der Waals surface area contributed by atoms with Crippen molar-refractivity contribution in [2.45, 2.75) is 43.0 Å². The van der Waals surface area contributed by atoms with Crippen molar-refractivity contribution in [3.05, 3.63) is 0 Å². The lowest BCUT2D eigenvalue weighted by atomic mass is 9.99. The third kappa shape index (κ3) is 3.13. The molecule has 0 aromatic heterocycles. The molecule has 0 radical (unpaired) electrons. The lowest BCUT2D eigenvalue weighted by Gasteiger charge is -2.41. The second kappa shape index (κ2) is 6.19. The molecule has 0 spiro atoms. The van der Waals surface area contributed by atoms with Gasteiger partial charge in [-0.25, -0.2) is 4.99 Å². The van der Waals surface area contributed by atoms with E-state index >= 15 is 0 Å². The molecule has 1 amide bonds. The number of aliphatic hydroxyl groups is 4. The minimum Gasteiger partial charge on any atom is -0.394 e. The summed E-state index contributed by atoms with van der Waals surface area (Å²) in [6.45, 7) is -0.612. The first-order chi connectivity index (χ1) is 9.85. The lowest BCUT2D eigenvalue weighted by Crippen LogP contribution is -2.63. The van der Waals surface area contributed by atoms with Crippen molar-refractivity contribution in [2.75, 3.05) is 6.61 Å². The zero-order valence-electron chi connectivity index (χ0n) is 10.9. The van der Waals surface area contributed by atoms with Gasteiger partial charge in [-0.15, -0.1) is 0 Å². The number of aliphatic imine (C=N–C) groups is 1. The summed E-state index contributed by atoms with van der Waals surface area (Å²) in [5.41, 5.74) is 10.9.